The first-order valence-corrected chi connectivity index (χ1v) is 3.56. The number of allylic oxidation sites excluding steroid dienone is 1. The minimum atomic E-state index is -0.0215. The zero-order chi connectivity index (χ0) is 8.10. The predicted molar refractivity (Wildman–Crippen MR) is 42.7 cm³/mol. The summed E-state index contributed by atoms with van der Waals surface area (Å²) in [6.45, 7) is 3.61. The van der Waals surface area contributed by atoms with Crippen molar-refractivity contribution in [3.8, 4) is 0 Å². The van der Waals surface area contributed by atoms with Crippen molar-refractivity contribution < 1.29 is 0 Å². The van der Waals surface area contributed by atoms with Crippen LogP contribution in [0.1, 0.15) is 24.6 Å². The van der Waals surface area contributed by atoms with Crippen molar-refractivity contribution in [2.45, 2.75) is 18.9 Å². The van der Waals surface area contributed by atoms with Gasteiger partial charge in [-0.2, -0.15) is 15.4 Å². The van der Waals surface area contributed by atoms with Crippen molar-refractivity contribution in [3.05, 3.63) is 24.5 Å². The number of rotatable bonds is 4. The van der Waals surface area contributed by atoms with Gasteiger partial charge in [-0.15, -0.1) is 6.58 Å². The van der Waals surface area contributed by atoms with Crippen LogP contribution in [-0.2, 0) is 0 Å². The van der Waals surface area contributed by atoms with Crippen LogP contribution in [0.25, 0.3) is 0 Å². The van der Waals surface area contributed by atoms with Gasteiger partial charge in [-0.3, -0.25) is 0 Å². The third-order valence-corrected chi connectivity index (χ3v) is 1.50. The number of nitrogens with one attached hydrogen (secondary N) is 1. The number of nitrogens with two attached hydrogens (primary N) is 1. The van der Waals surface area contributed by atoms with Gasteiger partial charge in [0.1, 0.15) is 0 Å². The maximum Gasteiger partial charge on any atom is 0.0991 e. The summed E-state index contributed by atoms with van der Waals surface area (Å²) in [4.78, 5) is 0. The molecule has 1 aromatic rings. The normalized spacial score (nSPS) is 12.8. The topological polar surface area (TPSA) is 67.6 Å². The van der Waals surface area contributed by atoms with Crippen LogP contribution >= 0.6 is 0 Å². The summed E-state index contributed by atoms with van der Waals surface area (Å²) in [6, 6.07) is -0.0215. The lowest BCUT2D eigenvalue weighted by Crippen LogP contribution is -2.10. The van der Waals surface area contributed by atoms with Gasteiger partial charge in [-0.1, -0.05) is 6.08 Å². The van der Waals surface area contributed by atoms with Crippen LogP contribution in [0.3, 0.4) is 0 Å². The first kappa shape index (κ1) is 7.94. The van der Waals surface area contributed by atoms with E-state index in [9.17, 15) is 0 Å². The molecule has 0 aliphatic heterocycles. The number of aromatic amines is 1. The Kier molecular flexibility index (Phi) is 2.80. The Labute approximate surface area is 65.5 Å². The number of aromatic nitrogens is 3. The van der Waals surface area contributed by atoms with E-state index in [1.807, 2.05) is 6.08 Å². The molecule has 11 heavy (non-hydrogen) atoms. The Bertz CT molecular complexity index is 204. The molecule has 0 bridgehead atoms. The minimum Gasteiger partial charge on any atom is -0.323 e. The van der Waals surface area contributed by atoms with E-state index in [-0.39, 0.29) is 6.04 Å². The molecule has 1 aromatic heterocycles. The SMILES string of the molecule is C=CCCC(N)c1cn[nH]n1. The summed E-state index contributed by atoms with van der Waals surface area (Å²) in [5.74, 6) is 0. The molecule has 1 atom stereocenters. The molecule has 4 nitrogen and oxygen atoms in total. The van der Waals surface area contributed by atoms with Gasteiger partial charge in [0.15, 0.2) is 0 Å². The van der Waals surface area contributed by atoms with E-state index in [0.29, 0.717) is 0 Å². The molecule has 1 heterocycles. The van der Waals surface area contributed by atoms with E-state index in [2.05, 4.69) is 22.0 Å². The highest BCUT2D eigenvalue weighted by atomic mass is 15.3. The quantitative estimate of drug-likeness (QED) is 0.626. The highest BCUT2D eigenvalue weighted by Gasteiger charge is 2.06. The molecule has 60 valence electrons. The molecule has 0 aliphatic carbocycles. The van der Waals surface area contributed by atoms with Gasteiger partial charge in [0, 0.05) is 0 Å². The maximum atomic E-state index is 5.76. The Morgan fingerprint density at radius 1 is 1.82 bits per heavy atom. The second-order valence-electron chi connectivity index (χ2n) is 2.37. The van der Waals surface area contributed by atoms with Gasteiger partial charge in [0.05, 0.1) is 17.9 Å². The van der Waals surface area contributed by atoms with Crippen molar-refractivity contribution >= 4 is 0 Å². The molecular weight excluding hydrogens is 140 g/mol. The van der Waals surface area contributed by atoms with Crippen molar-refractivity contribution in [1.29, 1.82) is 0 Å². The van der Waals surface area contributed by atoms with Crippen LogP contribution in [0.5, 0.6) is 0 Å². The smallest absolute Gasteiger partial charge is 0.0991 e. The summed E-state index contributed by atoms with van der Waals surface area (Å²) in [5.41, 5.74) is 6.57. The molecule has 0 fully saturated rings. The number of nitrogens with zero attached hydrogens (tertiary/aromatic N) is 2. The van der Waals surface area contributed by atoms with Crippen LogP contribution in [0.4, 0.5) is 0 Å². The number of hydrogen-bond acceptors (Lipinski definition) is 3. The van der Waals surface area contributed by atoms with Crippen molar-refractivity contribution in [3.63, 3.8) is 0 Å². The molecule has 0 radical (unpaired) electrons. The molecule has 1 unspecified atom stereocenters. The van der Waals surface area contributed by atoms with Gasteiger partial charge in [-0.25, -0.2) is 0 Å². The van der Waals surface area contributed by atoms with Crippen molar-refractivity contribution in [1.82, 2.24) is 15.4 Å². The molecule has 3 N–H and O–H groups in total. The average molecular weight is 152 g/mol. The minimum absolute atomic E-state index is 0.0215. The van der Waals surface area contributed by atoms with Crippen molar-refractivity contribution in [2.24, 2.45) is 5.73 Å². The molecule has 0 saturated carbocycles. The Balaban J connectivity index is 2.42. The van der Waals surface area contributed by atoms with E-state index in [1.165, 1.54) is 0 Å². The molecule has 0 spiro atoms. The van der Waals surface area contributed by atoms with Gasteiger partial charge in [0.25, 0.3) is 0 Å². The summed E-state index contributed by atoms with van der Waals surface area (Å²) >= 11 is 0. The summed E-state index contributed by atoms with van der Waals surface area (Å²) in [6.07, 6.45) is 5.28. The fourth-order valence-corrected chi connectivity index (χ4v) is 0.834. The Morgan fingerprint density at radius 3 is 3.18 bits per heavy atom. The highest BCUT2D eigenvalue weighted by Crippen LogP contribution is 2.10. The first-order valence-electron chi connectivity index (χ1n) is 3.56. The van der Waals surface area contributed by atoms with E-state index in [4.69, 9.17) is 5.73 Å². The van der Waals surface area contributed by atoms with Crippen LogP contribution in [0.15, 0.2) is 18.9 Å². The van der Waals surface area contributed by atoms with Crippen LogP contribution in [-0.4, -0.2) is 15.4 Å². The average Bonchev–Trinajstić information content (AvgIpc) is 2.52. The van der Waals surface area contributed by atoms with E-state index in [0.717, 1.165) is 18.5 Å². The molecule has 1 rings (SSSR count). The number of hydrogen-bond donors (Lipinski definition) is 2. The lowest BCUT2D eigenvalue weighted by Gasteiger charge is -2.03. The summed E-state index contributed by atoms with van der Waals surface area (Å²) < 4.78 is 0. The van der Waals surface area contributed by atoms with Gasteiger partial charge in [-0.05, 0) is 12.8 Å². The van der Waals surface area contributed by atoms with Crippen LogP contribution in [0, 0.1) is 0 Å². The van der Waals surface area contributed by atoms with Gasteiger partial charge >= 0.3 is 0 Å². The van der Waals surface area contributed by atoms with E-state index >= 15 is 0 Å². The maximum absolute atomic E-state index is 5.76. The molecule has 4 heteroatoms. The highest BCUT2D eigenvalue weighted by molar-refractivity contribution is 4.98. The molecule has 0 aliphatic rings. The van der Waals surface area contributed by atoms with E-state index in [1.54, 1.807) is 6.20 Å². The fraction of sp³-hybridized carbons (Fsp3) is 0.429. The number of H-pyrrole nitrogens is 1. The zero-order valence-corrected chi connectivity index (χ0v) is 6.33. The molecule has 0 saturated heterocycles. The van der Waals surface area contributed by atoms with Gasteiger partial charge < -0.3 is 5.73 Å². The predicted octanol–water partition coefficient (Wildman–Crippen LogP) is 0.771. The third kappa shape index (κ3) is 2.16. The lowest BCUT2D eigenvalue weighted by molar-refractivity contribution is 0.639. The van der Waals surface area contributed by atoms with E-state index < -0.39 is 0 Å². The lowest BCUT2D eigenvalue weighted by atomic mass is 10.1. The molecular formula is C7H12N4. The largest absolute Gasteiger partial charge is 0.323 e. The second-order valence-corrected chi connectivity index (χ2v) is 2.37. The Morgan fingerprint density at radius 2 is 2.64 bits per heavy atom. The van der Waals surface area contributed by atoms with Gasteiger partial charge in [0.2, 0.25) is 0 Å². The van der Waals surface area contributed by atoms with Crippen molar-refractivity contribution in [2.75, 3.05) is 0 Å². The summed E-state index contributed by atoms with van der Waals surface area (Å²) in [5, 5.41) is 10.1. The zero-order valence-electron chi connectivity index (χ0n) is 6.33. The van der Waals surface area contributed by atoms with Crippen LogP contribution < -0.4 is 5.73 Å². The fourth-order valence-electron chi connectivity index (χ4n) is 0.834. The molecule has 0 aromatic carbocycles. The Hall–Kier alpha value is -1.16. The second kappa shape index (κ2) is 3.88. The first-order chi connectivity index (χ1) is 5.34. The molecule has 0 amide bonds. The third-order valence-electron chi connectivity index (χ3n) is 1.50. The standard InChI is InChI=1S/C7H12N4/c1-2-3-4-6(8)7-5-9-11-10-7/h2,5-6H,1,3-4,8H2,(H,9,10,11). The summed E-state index contributed by atoms with van der Waals surface area (Å²) in [7, 11) is 0. The van der Waals surface area contributed by atoms with Crippen LogP contribution in [0.2, 0.25) is 0 Å². The monoisotopic (exact) mass is 152 g/mol.